The van der Waals surface area contributed by atoms with Gasteiger partial charge in [0, 0.05) is 36.3 Å². The minimum atomic E-state index is -3.67. The number of nitro benzene ring substituents is 1. The lowest BCUT2D eigenvalue weighted by Gasteiger charge is -2.26. The first-order chi connectivity index (χ1) is 15.8. The summed E-state index contributed by atoms with van der Waals surface area (Å²) in [5.74, 6) is -1.18. The summed E-state index contributed by atoms with van der Waals surface area (Å²) in [7, 11) is -3.67. The minimum absolute atomic E-state index is 0.0641. The van der Waals surface area contributed by atoms with Crippen LogP contribution in [-0.2, 0) is 19.6 Å². The van der Waals surface area contributed by atoms with Crippen LogP contribution in [0.1, 0.15) is 15.9 Å². The van der Waals surface area contributed by atoms with E-state index < -0.39 is 26.8 Å². The molecule has 1 fully saturated rings. The van der Waals surface area contributed by atoms with Crippen molar-refractivity contribution in [3.63, 3.8) is 0 Å². The number of sulfonamides is 1. The van der Waals surface area contributed by atoms with Gasteiger partial charge in [0.1, 0.15) is 0 Å². The topological polar surface area (TPSA) is 160 Å². The Hall–Kier alpha value is -3.68. The van der Waals surface area contributed by atoms with Crippen molar-refractivity contribution in [2.24, 2.45) is 5.10 Å². The Bertz CT molecular complexity index is 1160. The summed E-state index contributed by atoms with van der Waals surface area (Å²) in [6.45, 7) is 0.819. The Kier molecular flexibility index (Phi) is 7.82. The average molecular weight is 475 g/mol. The van der Waals surface area contributed by atoms with Crippen LogP contribution in [0.25, 0.3) is 0 Å². The molecule has 3 rings (SSSR count). The van der Waals surface area contributed by atoms with Crippen LogP contribution < -0.4 is 10.7 Å². The second-order valence-electron chi connectivity index (χ2n) is 6.87. The largest absolute Gasteiger partial charge is 0.379 e. The molecule has 0 spiro atoms. The monoisotopic (exact) mass is 475 g/mol. The Morgan fingerprint density at radius 1 is 1.15 bits per heavy atom. The van der Waals surface area contributed by atoms with Crippen molar-refractivity contribution >= 4 is 33.7 Å². The molecule has 1 aliphatic rings. The average Bonchev–Trinajstić information content (AvgIpc) is 2.83. The lowest BCUT2D eigenvalue weighted by atomic mass is 10.2. The maximum atomic E-state index is 12.6. The normalized spacial score (nSPS) is 14.7. The van der Waals surface area contributed by atoms with Crippen LogP contribution in [0.15, 0.2) is 58.5 Å². The molecule has 0 atom stereocenters. The number of benzene rings is 2. The fraction of sp³-hybridized carbons (Fsp3) is 0.250. The van der Waals surface area contributed by atoms with Crippen molar-refractivity contribution < 1.29 is 27.7 Å². The number of morpholine rings is 1. The second kappa shape index (κ2) is 10.8. The molecule has 12 nitrogen and oxygen atoms in total. The van der Waals surface area contributed by atoms with Crippen LogP contribution in [0.3, 0.4) is 0 Å². The molecule has 1 heterocycles. The maximum absolute atomic E-state index is 12.6. The van der Waals surface area contributed by atoms with Crippen molar-refractivity contribution in [2.75, 3.05) is 32.8 Å². The van der Waals surface area contributed by atoms with Crippen LogP contribution >= 0.6 is 0 Å². The summed E-state index contributed by atoms with van der Waals surface area (Å²) in [6.07, 6.45) is 1.24. The zero-order chi connectivity index (χ0) is 23.8. The van der Waals surface area contributed by atoms with Gasteiger partial charge in [0.05, 0.1) is 35.8 Å². The number of amides is 2. The molecule has 2 aromatic rings. The number of non-ortho nitro benzene ring substituents is 1. The highest BCUT2D eigenvalue weighted by Crippen LogP contribution is 2.17. The van der Waals surface area contributed by atoms with Gasteiger partial charge >= 0.3 is 0 Å². The number of hydrazone groups is 1. The molecule has 0 aromatic heterocycles. The van der Waals surface area contributed by atoms with Gasteiger partial charge in [-0.25, -0.2) is 13.8 Å². The Labute approximate surface area is 189 Å². The smallest absolute Gasteiger partial charge is 0.270 e. The molecule has 2 amide bonds. The first-order valence-corrected chi connectivity index (χ1v) is 11.2. The zero-order valence-electron chi connectivity index (χ0n) is 17.3. The van der Waals surface area contributed by atoms with E-state index in [4.69, 9.17) is 4.74 Å². The maximum Gasteiger partial charge on any atom is 0.270 e. The predicted octanol–water partition coefficient (Wildman–Crippen LogP) is 0.496. The number of rotatable bonds is 8. The van der Waals surface area contributed by atoms with E-state index >= 15 is 0 Å². The number of nitrogens with zero attached hydrogens (tertiary/aromatic N) is 3. The zero-order valence-corrected chi connectivity index (χ0v) is 18.2. The van der Waals surface area contributed by atoms with E-state index in [0.29, 0.717) is 18.8 Å². The van der Waals surface area contributed by atoms with Gasteiger partial charge in [-0.15, -0.1) is 0 Å². The quantitative estimate of drug-likeness (QED) is 0.319. The highest BCUT2D eigenvalue weighted by Gasteiger charge is 2.26. The molecule has 0 saturated carbocycles. The number of nitro groups is 1. The van der Waals surface area contributed by atoms with Gasteiger partial charge in [-0.05, 0) is 24.3 Å². The first-order valence-electron chi connectivity index (χ1n) is 9.80. The lowest BCUT2D eigenvalue weighted by molar-refractivity contribution is -0.384. The number of hydrogen-bond donors (Lipinski definition) is 2. The number of hydrogen-bond acceptors (Lipinski definition) is 8. The van der Waals surface area contributed by atoms with Crippen LogP contribution in [0.5, 0.6) is 0 Å². The first kappa shape index (κ1) is 24.0. The molecule has 1 saturated heterocycles. The molecular weight excluding hydrogens is 454 g/mol. The number of carbonyl (C=O) groups is 2. The predicted molar refractivity (Wildman–Crippen MR) is 117 cm³/mol. The van der Waals surface area contributed by atoms with Crippen LogP contribution in [0, 0.1) is 10.1 Å². The van der Waals surface area contributed by atoms with Gasteiger partial charge in [-0.1, -0.05) is 12.1 Å². The number of nitrogens with one attached hydrogen (secondary N) is 2. The standard InChI is InChI=1S/C20H21N5O7S/c26-19(23-22-13-15-2-1-3-17(12-15)25(28)29)14-21-20(27)16-4-6-18(7-5-16)33(30,31)24-8-10-32-11-9-24/h1-7,12-13H,8-11,14H2,(H,21,27)(H,23,26)/b22-13+. The Morgan fingerprint density at radius 2 is 1.85 bits per heavy atom. The lowest BCUT2D eigenvalue weighted by Crippen LogP contribution is -2.40. The minimum Gasteiger partial charge on any atom is -0.379 e. The van der Waals surface area contributed by atoms with E-state index in [1.807, 2.05) is 0 Å². The third-order valence-corrected chi connectivity index (χ3v) is 6.53. The summed E-state index contributed by atoms with van der Waals surface area (Å²) in [5.41, 5.74) is 2.69. The molecule has 0 aliphatic carbocycles. The second-order valence-corrected chi connectivity index (χ2v) is 8.81. The third-order valence-electron chi connectivity index (χ3n) is 4.62. The van der Waals surface area contributed by atoms with Crippen molar-refractivity contribution in [2.45, 2.75) is 4.90 Å². The summed E-state index contributed by atoms with van der Waals surface area (Å²) >= 11 is 0. The molecule has 33 heavy (non-hydrogen) atoms. The Balaban J connectivity index is 1.50. The molecule has 174 valence electrons. The van der Waals surface area contributed by atoms with E-state index in [1.165, 1.54) is 53.0 Å². The van der Waals surface area contributed by atoms with Gasteiger partial charge in [0.2, 0.25) is 10.0 Å². The molecule has 2 N–H and O–H groups in total. The van der Waals surface area contributed by atoms with E-state index in [-0.39, 0.29) is 35.8 Å². The van der Waals surface area contributed by atoms with Crippen LogP contribution in [0.4, 0.5) is 5.69 Å². The van der Waals surface area contributed by atoms with E-state index in [0.717, 1.165) is 0 Å². The molecule has 0 unspecified atom stereocenters. The SMILES string of the molecule is O=C(CNC(=O)c1ccc(S(=O)(=O)N2CCOCC2)cc1)N/N=C/c1cccc([N+](=O)[O-])c1. The van der Waals surface area contributed by atoms with Crippen LogP contribution in [0.2, 0.25) is 0 Å². The van der Waals surface area contributed by atoms with Crippen molar-refractivity contribution in [3.05, 3.63) is 69.8 Å². The van der Waals surface area contributed by atoms with Gasteiger partial charge < -0.3 is 10.1 Å². The number of carbonyl (C=O) groups excluding carboxylic acids is 2. The fourth-order valence-electron chi connectivity index (χ4n) is 2.91. The molecular formula is C20H21N5O7S. The number of ether oxygens (including phenoxy) is 1. The fourth-order valence-corrected chi connectivity index (χ4v) is 4.32. The summed E-state index contributed by atoms with van der Waals surface area (Å²) < 4.78 is 31.7. The summed E-state index contributed by atoms with van der Waals surface area (Å²) in [4.78, 5) is 34.4. The summed E-state index contributed by atoms with van der Waals surface area (Å²) in [6, 6.07) is 11.1. The van der Waals surface area contributed by atoms with Crippen molar-refractivity contribution in [3.8, 4) is 0 Å². The van der Waals surface area contributed by atoms with Gasteiger partial charge in [-0.3, -0.25) is 19.7 Å². The molecule has 0 bridgehead atoms. The van der Waals surface area contributed by atoms with Crippen molar-refractivity contribution in [1.29, 1.82) is 0 Å². The Morgan fingerprint density at radius 3 is 2.52 bits per heavy atom. The molecule has 13 heteroatoms. The van der Waals surface area contributed by atoms with E-state index in [1.54, 1.807) is 6.07 Å². The van der Waals surface area contributed by atoms with Gasteiger partial charge in [0.25, 0.3) is 17.5 Å². The van der Waals surface area contributed by atoms with E-state index in [9.17, 15) is 28.1 Å². The molecule has 2 aromatic carbocycles. The van der Waals surface area contributed by atoms with E-state index in [2.05, 4.69) is 15.8 Å². The molecule has 0 radical (unpaired) electrons. The van der Waals surface area contributed by atoms with Gasteiger partial charge in [0.15, 0.2) is 0 Å². The van der Waals surface area contributed by atoms with Crippen LogP contribution in [-0.4, -0.2) is 68.5 Å². The highest BCUT2D eigenvalue weighted by molar-refractivity contribution is 7.89. The van der Waals surface area contributed by atoms with Gasteiger partial charge in [-0.2, -0.15) is 9.41 Å². The third kappa shape index (κ3) is 6.41. The summed E-state index contributed by atoms with van der Waals surface area (Å²) in [5, 5.41) is 16.9. The van der Waals surface area contributed by atoms with Crippen molar-refractivity contribution in [1.82, 2.24) is 15.0 Å². The highest BCUT2D eigenvalue weighted by atomic mass is 32.2. The molecule has 1 aliphatic heterocycles.